The second kappa shape index (κ2) is 8.84. The molecule has 0 N–H and O–H groups in total. The molecule has 0 radical (unpaired) electrons. The zero-order chi connectivity index (χ0) is 17.5. The van der Waals surface area contributed by atoms with Crippen molar-refractivity contribution in [3.8, 4) is 0 Å². The van der Waals surface area contributed by atoms with Crippen molar-refractivity contribution in [3.05, 3.63) is 34.9 Å². The summed E-state index contributed by atoms with van der Waals surface area (Å²) in [5, 5.41) is 0. The predicted octanol–water partition coefficient (Wildman–Crippen LogP) is 5.27. The summed E-state index contributed by atoms with van der Waals surface area (Å²) in [6.45, 7) is 13.2. The van der Waals surface area contributed by atoms with E-state index in [4.69, 9.17) is 9.47 Å². The zero-order valence-corrected chi connectivity index (χ0v) is 16.3. The van der Waals surface area contributed by atoms with Gasteiger partial charge in [-0.1, -0.05) is 59.2 Å². The van der Waals surface area contributed by atoms with E-state index in [9.17, 15) is 0 Å². The summed E-state index contributed by atoms with van der Waals surface area (Å²) in [4.78, 5) is 0. The molecule has 0 saturated heterocycles. The summed E-state index contributed by atoms with van der Waals surface area (Å²) in [6, 6.07) is 7.09. The van der Waals surface area contributed by atoms with E-state index in [1.54, 1.807) is 14.2 Å². The molecule has 1 aromatic rings. The van der Waals surface area contributed by atoms with Crippen molar-refractivity contribution in [1.29, 1.82) is 0 Å². The smallest absolute Gasteiger partial charge is 0.0470 e. The molecule has 0 saturated carbocycles. The van der Waals surface area contributed by atoms with Crippen LogP contribution >= 0.6 is 0 Å². The molecule has 0 spiro atoms. The second-order valence-corrected chi connectivity index (χ2v) is 7.88. The van der Waals surface area contributed by atoms with Gasteiger partial charge in [-0.05, 0) is 46.8 Å². The minimum atomic E-state index is 0.111. The van der Waals surface area contributed by atoms with E-state index in [0.29, 0.717) is 0 Å². The third-order valence-corrected chi connectivity index (χ3v) is 4.94. The minimum Gasteiger partial charge on any atom is -0.385 e. The Kier molecular flexibility index (Phi) is 7.76. The monoisotopic (exact) mass is 320 g/mol. The normalized spacial score (nSPS) is 12.7. The van der Waals surface area contributed by atoms with Gasteiger partial charge in [0.15, 0.2) is 0 Å². The van der Waals surface area contributed by atoms with Gasteiger partial charge in [-0.25, -0.2) is 0 Å². The van der Waals surface area contributed by atoms with E-state index in [1.165, 1.54) is 23.1 Å². The number of hydrogen-bond acceptors (Lipinski definition) is 2. The molecule has 0 atom stereocenters. The summed E-state index contributed by atoms with van der Waals surface area (Å²) >= 11 is 0. The lowest BCUT2D eigenvalue weighted by molar-refractivity contribution is 0.169. The first-order valence-electron chi connectivity index (χ1n) is 8.90. The van der Waals surface area contributed by atoms with Gasteiger partial charge in [-0.2, -0.15) is 0 Å². The average Bonchev–Trinajstić information content (AvgIpc) is 2.51. The van der Waals surface area contributed by atoms with Gasteiger partial charge in [-0.3, -0.25) is 0 Å². The maximum Gasteiger partial charge on any atom is 0.0470 e. The summed E-state index contributed by atoms with van der Waals surface area (Å²) in [5.74, 6) is 0. The van der Waals surface area contributed by atoms with Crippen LogP contribution in [0.15, 0.2) is 18.2 Å². The molecule has 0 bridgehead atoms. The minimum absolute atomic E-state index is 0.111. The van der Waals surface area contributed by atoms with Gasteiger partial charge in [0.2, 0.25) is 0 Å². The highest BCUT2D eigenvalue weighted by molar-refractivity contribution is 5.41. The maximum absolute atomic E-state index is 5.35. The van der Waals surface area contributed by atoms with Crippen LogP contribution < -0.4 is 0 Å². The molecule has 0 aromatic heterocycles. The van der Waals surface area contributed by atoms with Crippen LogP contribution in [0.4, 0.5) is 0 Å². The van der Waals surface area contributed by atoms with Crippen LogP contribution in [0.2, 0.25) is 0 Å². The lowest BCUT2D eigenvalue weighted by Crippen LogP contribution is -2.28. The van der Waals surface area contributed by atoms with Gasteiger partial charge in [-0.15, -0.1) is 0 Å². The van der Waals surface area contributed by atoms with Gasteiger partial charge in [0.25, 0.3) is 0 Å². The van der Waals surface area contributed by atoms with Crippen LogP contribution in [-0.2, 0) is 26.7 Å². The molecular formula is C21H36O2. The fourth-order valence-electron chi connectivity index (χ4n) is 3.17. The Bertz CT molecular complexity index is 475. The molecular weight excluding hydrogens is 284 g/mol. The number of benzene rings is 1. The van der Waals surface area contributed by atoms with Crippen molar-refractivity contribution in [3.63, 3.8) is 0 Å². The summed E-state index contributed by atoms with van der Waals surface area (Å²) in [5.41, 5.74) is 4.59. The highest BCUT2D eigenvalue weighted by atomic mass is 16.5. The van der Waals surface area contributed by atoms with Gasteiger partial charge < -0.3 is 9.47 Å². The van der Waals surface area contributed by atoms with E-state index in [-0.39, 0.29) is 10.8 Å². The molecule has 23 heavy (non-hydrogen) atoms. The fourth-order valence-corrected chi connectivity index (χ4v) is 3.17. The molecule has 0 aliphatic heterocycles. The predicted molar refractivity (Wildman–Crippen MR) is 99.5 cm³/mol. The molecule has 2 heteroatoms. The van der Waals surface area contributed by atoms with Crippen LogP contribution in [0.5, 0.6) is 0 Å². The third-order valence-electron chi connectivity index (χ3n) is 4.94. The van der Waals surface area contributed by atoms with Crippen molar-refractivity contribution < 1.29 is 9.47 Å². The molecule has 0 amide bonds. The van der Waals surface area contributed by atoms with Crippen LogP contribution in [0, 0.1) is 0 Å². The van der Waals surface area contributed by atoms with Crippen molar-refractivity contribution in [2.45, 2.75) is 71.1 Å². The molecule has 132 valence electrons. The Labute approximate surface area is 143 Å². The van der Waals surface area contributed by atoms with Crippen LogP contribution in [0.3, 0.4) is 0 Å². The SMILES string of the molecule is CCCc1ccc(C(C)(C)CCOC)c(C(C)(C)CCOC)c1. The Morgan fingerprint density at radius 2 is 1.35 bits per heavy atom. The number of ether oxygens (including phenoxy) is 2. The second-order valence-electron chi connectivity index (χ2n) is 7.88. The summed E-state index contributed by atoms with van der Waals surface area (Å²) in [7, 11) is 3.57. The molecule has 0 aliphatic carbocycles. The standard InChI is InChI=1S/C21H36O2/c1-8-9-17-10-11-18(20(2,3)12-14-22-6)19(16-17)21(4,5)13-15-23-7/h10-11,16H,8-9,12-15H2,1-7H3. The lowest BCUT2D eigenvalue weighted by Gasteiger charge is -2.35. The Morgan fingerprint density at radius 3 is 1.83 bits per heavy atom. The molecule has 1 aromatic carbocycles. The van der Waals surface area contributed by atoms with Crippen LogP contribution in [0.1, 0.15) is 70.6 Å². The van der Waals surface area contributed by atoms with E-state index >= 15 is 0 Å². The van der Waals surface area contributed by atoms with Crippen molar-refractivity contribution in [2.75, 3.05) is 27.4 Å². The van der Waals surface area contributed by atoms with Gasteiger partial charge in [0.05, 0.1) is 0 Å². The lowest BCUT2D eigenvalue weighted by atomic mass is 9.70. The van der Waals surface area contributed by atoms with Crippen LogP contribution in [0.25, 0.3) is 0 Å². The van der Waals surface area contributed by atoms with E-state index in [2.05, 4.69) is 52.8 Å². The maximum atomic E-state index is 5.35. The number of aryl methyl sites for hydroxylation is 1. The summed E-state index contributed by atoms with van der Waals surface area (Å²) < 4.78 is 10.7. The van der Waals surface area contributed by atoms with Crippen LogP contribution in [-0.4, -0.2) is 27.4 Å². The topological polar surface area (TPSA) is 18.5 Å². The van der Waals surface area contributed by atoms with Gasteiger partial charge in [0.1, 0.15) is 0 Å². The fraction of sp³-hybridized carbons (Fsp3) is 0.714. The molecule has 1 rings (SSSR count). The van der Waals surface area contributed by atoms with Crippen molar-refractivity contribution >= 4 is 0 Å². The molecule has 2 nitrogen and oxygen atoms in total. The van der Waals surface area contributed by atoms with Crippen molar-refractivity contribution in [1.82, 2.24) is 0 Å². The largest absolute Gasteiger partial charge is 0.385 e. The number of rotatable bonds is 10. The first kappa shape index (κ1) is 20.2. The molecule has 0 unspecified atom stereocenters. The van der Waals surface area contributed by atoms with E-state index in [1.807, 2.05) is 0 Å². The average molecular weight is 321 g/mol. The molecule has 0 aliphatic rings. The molecule has 0 fully saturated rings. The Balaban J connectivity index is 3.28. The van der Waals surface area contributed by atoms with E-state index < -0.39 is 0 Å². The third kappa shape index (κ3) is 5.61. The summed E-state index contributed by atoms with van der Waals surface area (Å²) in [6.07, 6.45) is 4.40. The Hall–Kier alpha value is -0.860. The first-order chi connectivity index (χ1) is 10.8. The molecule has 0 heterocycles. The quantitative estimate of drug-likeness (QED) is 0.585. The highest BCUT2D eigenvalue weighted by Gasteiger charge is 2.30. The first-order valence-corrected chi connectivity index (χ1v) is 8.90. The van der Waals surface area contributed by atoms with Gasteiger partial charge >= 0.3 is 0 Å². The number of hydrogen-bond donors (Lipinski definition) is 0. The highest BCUT2D eigenvalue weighted by Crippen LogP contribution is 2.38. The Morgan fingerprint density at radius 1 is 0.826 bits per heavy atom. The zero-order valence-electron chi connectivity index (χ0n) is 16.3. The van der Waals surface area contributed by atoms with Gasteiger partial charge in [0, 0.05) is 27.4 Å². The van der Waals surface area contributed by atoms with E-state index in [0.717, 1.165) is 32.5 Å². The number of methoxy groups -OCH3 is 2. The van der Waals surface area contributed by atoms with Crippen molar-refractivity contribution in [2.24, 2.45) is 0 Å².